The van der Waals surface area contributed by atoms with Gasteiger partial charge in [-0.1, -0.05) is 0 Å². The number of hydrogen-bond donors (Lipinski definition) is 1. The van der Waals surface area contributed by atoms with E-state index in [1.807, 2.05) is 18.7 Å². The Morgan fingerprint density at radius 1 is 1.58 bits per heavy atom. The van der Waals surface area contributed by atoms with Gasteiger partial charge >= 0.3 is 0 Å². The molecule has 0 bridgehead atoms. The summed E-state index contributed by atoms with van der Waals surface area (Å²) in [5.74, 6) is 2.74. The number of nitrogens with zero attached hydrogens (tertiary/aromatic N) is 3. The van der Waals surface area contributed by atoms with E-state index in [4.69, 9.17) is 0 Å². The first-order valence-corrected chi connectivity index (χ1v) is 4.33. The maximum atomic E-state index is 4.36. The third kappa shape index (κ3) is 1.34. The van der Waals surface area contributed by atoms with E-state index < -0.39 is 0 Å². The highest BCUT2D eigenvalue weighted by atomic mass is 15.3. The zero-order valence-electron chi connectivity index (χ0n) is 7.54. The van der Waals surface area contributed by atoms with Crippen molar-refractivity contribution < 1.29 is 0 Å². The Morgan fingerprint density at radius 2 is 2.33 bits per heavy atom. The molecule has 66 valence electrons. The van der Waals surface area contributed by atoms with Crippen LogP contribution in [0.15, 0.2) is 0 Å². The molecule has 4 nitrogen and oxygen atoms in total. The monoisotopic (exact) mass is 166 g/mol. The third-order valence-electron chi connectivity index (χ3n) is 2.36. The van der Waals surface area contributed by atoms with Crippen LogP contribution in [0.1, 0.15) is 11.6 Å². The van der Waals surface area contributed by atoms with Gasteiger partial charge in [0.25, 0.3) is 0 Å². The summed E-state index contributed by atoms with van der Waals surface area (Å²) in [7, 11) is 1.94. The number of rotatable bonds is 2. The van der Waals surface area contributed by atoms with Crippen LogP contribution in [-0.4, -0.2) is 27.9 Å². The van der Waals surface area contributed by atoms with Crippen LogP contribution in [0.4, 0.5) is 0 Å². The first-order chi connectivity index (χ1) is 5.75. The van der Waals surface area contributed by atoms with Gasteiger partial charge in [-0.2, -0.15) is 5.10 Å². The van der Waals surface area contributed by atoms with Crippen LogP contribution < -0.4 is 5.32 Å². The molecule has 1 aliphatic rings. The second-order valence-corrected chi connectivity index (χ2v) is 3.43. The largest absolute Gasteiger partial charge is 0.316 e. The molecule has 1 aliphatic heterocycles. The van der Waals surface area contributed by atoms with Gasteiger partial charge in [0.1, 0.15) is 5.82 Å². The molecule has 1 N–H and O–H groups in total. The van der Waals surface area contributed by atoms with Crippen molar-refractivity contribution in [1.29, 1.82) is 0 Å². The number of nitrogens with one attached hydrogen (secondary N) is 1. The molecule has 4 heteroatoms. The maximum Gasteiger partial charge on any atom is 0.151 e. The van der Waals surface area contributed by atoms with Gasteiger partial charge in [-0.15, -0.1) is 0 Å². The van der Waals surface area contributed by atoms with Gasteiger partial charge in [-0.05, 0) is 25.9 Å². The average Bonchev–Trinajstić information content (AvgIpc) is 2.24. The Bertz CT molecular complexity index is 255. The Morgan fingerprint density at radius 3 is 2.75 bits per heavy atom. The first kappa shape index (κ1) is 7.73. The fourth-order valence-corrected chi connectivity index (χ4v) is 1.36. The fourth-order valence-electron chi connectivity index (χ4n) is 1.36. The van der Waals surface area contributed by atoms with Crippen molar-refractivity contribution in [3.8, 4) is 0 Å². The summed E-state index contributed by atoms with van der Waals surface area (Å²) in [6, 6.07) is 0. The van der Waals surface area contributed by atoms with E-state index in [9.17, 15) is 0 Å². The van der Waals surface area contributed by atoms with Crippen LogP contribution in [-0.2, 0) is 13.5 Å². The molecule has 0 aromatic carbocycles. The van der Waals surface area contributed by atoms with Gasteiger partial charge in [0.15, 0.2) is 5.82 Å². The van der Waals surface area contributed by atoms with Gasteiger partial charge in [0.2, 0.25) is 0 Å². The van der Waals surface area contributed by atoms with E-state index in [0.717, 1.165) is 37.1 Å². The molecule has 0 saturated carbocycles. The highest BCUT2D eigenvalue weighted by Gasteiger charge is 2.19. The summed E-state index contributed by atoms with van der Waals surface area (Å²) in [5.41, 5.74) is 0. The lowest BCUT2D eigenvalue weighted by molar-refractivity contribution is 0.341. The zero-order valence-corrected chi connectivity index (χ0v) is 7.54. The van der Waals surface area contributed by atoms with Crippen molar-refractivity contribution in [3.63, 3.8) is 0 Å². The van der Waals surface area contributed by atoms with Crippen molar-refractivity contribution in [1.82, 2.24) is 20.1 Å². The molecule has 0 radical (unpaired) electrons. The van der Waals surface area contributed by atoms with Gasteiger partial charge in [-0.3, -0.25) is 4.68 Å². The third-order valence-corrected chi connectivity index (χ3v) is 2.36. The summed E-state index contributed by atoms with van der Waals surface area (Å²) in [6.45, 7) is 4.23. The van der Waals surface area contributed by atoms with Gasteiger partial charge in [0.05, 0.1) is 0 Å². The minimum atomic E-state index is 0.756. The molecule has 12 heavy (non-hydrogen) atoms. The molecular formula is C8H14N4. The topological polar surface area (TPSA) is 42.7 Å². The highest BCUT2D eigenvalue weighted by Crippen LogP contribution is 2.09. The first-order valence-electron chi connectivity index (χ1n) is 4.33. The molecule has 0 unspecified atom stereocenters. The molecule has 2 heterocycles. The summed E-state index contributed by atoms with van der Waals surface area (Å²) >= 11 is 0. The lowest BCUT2D eigenvalue weighted by atomic mass is 9.99. The second kappa shape index (κ2) is 2.86. The molecule has 0 aliphatic carbocycles. The van der Waals surface area contributed by atoms with Crippen molar-refractivity contribution in [2.24, 2.45) is 13.0 Å². The predicted molar refractivity (Wildman–Crippen MR) is 45.8 cm³/mol. The molecule has 0 atom stereocenters. The molecule has 1 aromatic heterocycles. The minimum absolute atomic E-state index is 0.756. The van der Waals surface area contributed by atoms with E-state index in [1.165, 1.54) is 0 Å². The summed E-state index contributed by atoms with van der Waals surface area (Å²) in [5, 5.41) is 7.55. The Kier molecular flexibility index (Phi) is 1.84. The molecular weight excluding hydrogens is 152 g/mol. The average molecular weight is 166 g/mol. The van der Waals surface area contributed by atoms with Crippen LogP contribution >= 0.6 is 0 Å². The van der Waals surface area contributed by atoms with Gasteiger partial charge in [0, 0.05) is 13.5 Å². The molecule has 1 aromatic rings. The SMILES string of the molecule is Cc1nc(CC2CNC2)nn1C. The van der Waals surface area contributed by atoms with Crippen molar-refractivity contribution in [2.45, 2.75) is 13.3 Å². The summed E-state index contributed by atoms with van der Waals surface area (Å²) in [6.07, 6.45) is 1.02. The van der Waals surface area contributed by atoms with Crippen LogP contribution in [0.25, 0.3) is 0 Å². The molecule has 2 rings (SSSR count). The fraction of sp³-hybridized carbons (Fsp3) is 0.750. The summed E-state index contributed by atoms with van der Waals surface area (Å²) < 4.78 is 1.83. The van der Waals surface area contributed by atoms with Crippen molar-refractivity contribution in [3.05, 3.63) is 11.6 Å². The highest BCUT2D eigenvalue weighted by molar-refractivity contribution is 4.94. The Labute approximate surface area is 72.0 Å². The van der Waals surface area contributed by atoms with E-state index >= 15 is 0 Å². The Balaban J connectivity index is 2.02. The van der Waals surface area contributed by atoms with Crippen LogP contribution in [0.5, 0.6) is 0 Å². The Hall–Kier alpha value is -0.900. The number of hydrogen-bond acceptors (Lipinski definition) is 3. The van der Waals surface area contributed by atoms with E-state index in [-0.39, 0.29) is 0 Å². The maximum absolute atomic E-state index is 4.36. The minimum Gasteiger partial charge on any atom is -0.316 e. The molecule has 1 saturated heterocycles. The number of aromatic nitrogens is 3. The molecule has 0 spiro atoms. The molecule has 1 fully saturated rings. The second-order valence-electron chi connectivity index (χ2n) is 3.43. The van der Waals surface area contributed by atoms with Crippen molar-refractivity contribution in [2.75, 3.05) is 13.1 Å². The molecule has 0 amide bonds. The lowest BCUT2D eigenvalue weighted by Gasteiger charge is -2.25. The number of aryl methyl sites for hydroxylation is 2. The van der Waals surface area contributed by atoms with Crippen LogP contribution in [0.2, 0.25) is 0 Å². The van der Waals surface area contributed by atoms with Gasteiger partial charge < -0.3 is 5.32 Å². The van der Waals surface area contributed by atoms with Crippen LogP contribution in [0.3, 0.4) is 0 Å². The quantitative estimate of drug-likeness (QED) is 0.666. The van der Waals surface area contributed by atoms with E-state index in [1.54, 1.807) is 0 Å². The van der Waals surface area contributed by atoms with E-state index in [2.05, 4.69) is 15.4 Å². The van der Waals surface area contributed by atoms with Gasteiger partial charge in [-0.25, -0.2) is 4.98 Å². The predicted octanol–water partition coefficient (Wildman–Crippen LogP) is -0.115. The van der Waals surface area contributed by atoms with Crippen LogP contribution in [0, 0.1) is 12.8 Å². The zero-order chi connectivity index (χ0) is 8.55. The van der Waals surface area contributed by atoms with Crippen molar-refractivity contribution >= 4 is 0 Å². The van der Waals surface area contributed by atoms with E-state index in [0.29, 0.717) is 0 Å². The smallest absolute Gasteiger partial charge is 0.151 e. The standard InChI is InChI=1S/C8H14N4/c1-6-10-8(11-12(6)2)3-7-4-9-5-7/h7,9H,3-5H2,1-2H3. The lowest BCUT2D eigenvalue weighted by Crippen LogP contribution is -2.43. The summed E-state index contributed by atoms with van der Waals surface area (Å²) in [4.78, 5) is 4.36. The normalized spacial score (nSPS) is 17.8.